The third kappa shape index (κ3) is 3.02. The van der Waals surface area contributed by atoms with Crippen LogP contribution in [-0.2, 0) is 11.3 Å². The average molecular weight is 341 g/mol. The highest BCUT2D eigenvalue weighted by molar-refractivity contribution is 9.10. The lowest BCUT2D eigenvalue weighted by atomic mass is 10.1. The molecule has 0 amide bonds. The fourth-order valence-corrected chi connectivity index (χ4v) is 3.17. The monoisotopic (exact) mass is 340 g/mol. The molecular weight excluding hydrogens is 324 g/mol. The fraction of sp³-hybridized carbons (Fsp3) is 0.571. The quantitative estimate of drug-likeness (QED) is 0.661. The minimum atomic E-state index is -0.328. The van der Waals surface area contributed by atoms with Gasteiger partial charge >= 0.3 is 0 Å². The molecule has 2 aliphatic rings. The topological polar surface area (TPSA) is 64.4 Å². The van der Waals surface area contributed by atoms with E-state index in [0.717, 1.165) is 23.1 Å². The summed E-state index contributed by atoms with van der Waals surface area (Å²) in [6.45, 7) is 1.31. The normalized spacial score (nSPS) is 25.9. The highest BCUT2D eigenvalue weighted by Gasteiger charge is 2.40. The molecule has 5 nitrogen and oxygen atoms in total. The van der Waals surface area contributed by atoms with Gasteiger partial charge in [-0.2, -0.15) is 0 Å². The number of halogens is 1. The van der Waals surface area contributed by atoms with Crippen LogP contribution in [0.2, 0.25) is 0 Å². The first-order chi connectivity index (χ1) is 9.65. The van der Waals surface area contributed by atoms with Crippen LogP contribution in [0.25, 0.3) is 0 Å². The standard InChI is InChI=1S/C14H17BrN2O3/c15-11-4-3-10(13(7-11)17(18)19)8-16-12-5-6-20-14(12)9-1-2-9/h3-4,7,9,12,14,16H,1-2,5-6,8H2. The van der Waals surface area contributed by atoms with Gasteiger partial charge in [-0.1, -0.05) is 15.9 Å². The van der Waals surface area contributed by atoms with Crippen molar-refractivity contribution in [3.63, 3.8) is 0 Å². The van der Waals surface area contributed by atoms with E-state index in [1.54, 1.807) is 12.1 Å². The maximum Gasteiger partial charge on any atom is 0.275 e. The molecule has 1 saturated carbocycles. The lowest BCUT2D eigenvalue weighted by molar-refractivity contribution is -0.385. The van der Waals surface area contributed by atoms with E-state index in [9.17, 15) is 10.1 Å². The van der Waals surface area contributed by atoms with Crippen LogP contribution in [0.5, 0.6) is 0 Å². The lowest BCUT2D eigenvalue weighted by Gasteiger charge is -2.19. The van der Waals surface area contributed by atoms with Crippen LogP contribution in [0.15, 0.2) is 22.7 Å². The van der Waals surface area contributed by atoms with Gasteiger partial charge in [-0.15, -0.1) is 0 Å². The third-order valence-corrected chi connectivity index (χ3v) is 4.51. The maximum absolute atomic E-state index is 11.1. The fourth-order valence-electron chi connectivity index (χ4n) is 2.82. The minimum absolute atomic E-state index is 0.161. The first kappa shape index (κ1) is 14.0. The number of ether oxygens (including phenoxy) is 1. The van der Waals surface area contributed by atoms with Gasteiger partial charge < -0.3 is 10.1 Å². The van der Waals surface area contributed by atoms with Gasteiger partial charge in [0, 0.05) is 35.3 Å². The second-order valence-corrected chi connectivity index (χ2v) is 6.39. The first-order valence-corrected chi connectivity index (χ1v) is 7.72. The molecule has 0 spiro atoms. The van der Waals surface area contributed by atoms with Crippen molar-refractivity contribution in [3.8, 4) is 0 Å². The summed E-state index contributed by atoms with van der Waals surface area (Å²) in [5.74, 6) is 0.690. The van der Waals surface area contributed by atoms with Crippen molar-refractivity contribution < 1.29 is 9.66 Å². The molecule has 20 heavy (non-hydrogen) atoms. The lowest BCUT2D eigenvalue weighted by Crippen LogP contribution is -2.37. The Morgan fingerprint density at radius 3 is 2.90 bits per heavy atom. The smallest absolute Gasteiger partial charge is 0.275 e. The van der Waals surface area contributed by atoms with E-state index in [2.05, 4.69) is 21.2 Å². The summed E-state index contributed by atoms with van der Waals surface area (Å²) in [6.07, 6.45) is 3.79. The van der Waals surface area contributed by atoms with Gasteiger partial charge in [0.2, 0.25) is 0 Å². The van der Waals surface area contributed by atoms with Crippen LogP contribution in [0, 0.1) is 16.0 Å². The number of nitrogens with zero attached hydrogens (tertiary/aromatic N) is 1. The summed E-state index contributed by atoms with van der Waals surface area (Å²) < 4.78 is 6.50. The van der Waals surface area contributed by atoms with Gasteiger partial charge in [0.05, 0.1) is 11.0 Å². The molecule has 3 rings (SSSR count). The molecule has 1 aromatic rings. The van der Waals surface area contributed by atoms with Crippen LogP contribution in [-0.4, -0.2) is 23.7 Å². The predicted molar refractivity (Wildman–Crippen MR) is 78.5 cm³/mol. The third-order valence-electron chi connectivity index (χ3n) is 4.02. The van der Waals surface area contributed by atoms with Crippen molar-refractivity contribution in [2.75, 3.05) is 6.61 Å². The number of benzene rings is 1. The highest BCUT2D eigenvalue weighted by atomic mass is 79.9. The van der Waals surface area contributed by atoms with E-state index in [1.807, 2.05) is 6.07 Å². The molecule has 1 saturated heterocycles. The molecule has 2 atom stereocenters. The molecular formula is C14H17BrN2O3. The Balaban J connectivity index is 1.67. The van der Waals surface area contributed by atoms with Crippen LogP contribution in [0.4, 0.5) is 5.69 Å². The van der Waals surface area contributed by atoms with E-state index in [4.69, 9.17) is 4.74 Å². The van der Waals surface area contributed by atoms with E-state index >= 15 is 0 Å². The van der Waals surface area contributed by atoms with Gasteiger partial charge in [0.15, 0.2) is 0 Å². The van der Waals surface area contributed by atoms with Crippen molar-refractivity contribution in [2.24, 2.45) is 5.92 Å². The number of hydrogen-bond acceptors (Lipinski definition) is 4. The zero-order valence-electron chi connectivity index (χ0n) is 11.0. The molecule has 6 heteroatoms. The number of nitrogens with one attached hydrogen (secondary N) is 1. The number of nitro groups is 1. The highest BCUT2D eigenvalue weighted by Crippen LogP contribution is 2.38. The van der Waals surface area contributed by atoms with Gasteiger partial charge in [0.25, 0.3) is 5.69 Å². The predicted octanol–water partition coefficient (Wildman–Crippen LogP) is 3.01. The molecule has 108 valence electrons. The summed E-state index contributed by atoms with van der Waals surface area (Å²) in [7, 11) is 0. The Morgan fingerprint density at radius 2 is 2.20 bits per heavy atom. The second kappa shape index (κ2) is 5.79. The first-order valence-electron chi connectivity index (χ1n) is 6.93. The Labute approximate surface area is 126 Å². The van der Waals surface area contributed by atoms with Crippen LogP contribution < -0.4 is 5.32 Å². The van der Waals surface area contributed by atoms with Crippen molar-refractivity contribution in [2.45, 2.75) is 38.0 Å². The summed E-state index contributed by atoms with van der Waals surface area (Å²) >= 11 is 3.27. The van der Waals surface area contributed by atoms with Gasteiger partial charge in [-0.05, 0) is 37.3 Å². The summed E-state index contributed by atoms with van der Waals surface area (Å²) in [4.78, 5) is 10.8. The summed E-state index contributed by atoms with van der Waals surface area (Å²) in [6, 6.07) is 5.52. The van der Waals surface area contributed by atoms with Crippen LogP contribution in [0.3, 0.4) is 0 Å². The molecule has 2 fully saturated rings. The summed E-state index contributed by atoms with van der Waals surface area (Å²) in [5, 5.41) is 14.5. The molecule has 2 unspecified atom stereocenters. The van der Waals surface area contributed by atoms with E-state index in [1.165, 1.54) is 12.8 Å². The van der Waals surface area contributed by atoms with E-state index in [0.29, 0.717) is 24.6 Å². The van der Waals surface area contributed by atoms with Crippen molar-refractivity contribution in [1.29, 1.82) is 0 Å². The molecule has 0 radical (unpaired) electrons. The largest absolute Gasteiger partial charge is 0.376 e. The zero-order chi connectivity index (χ0) is 14.1. The van der Waals surface area contributed by atoms with E-state index in [-0.39, 0.29) is 10.6 Å². The number of rotatable bonds is 5. The van der Waals surface area contributed by atoms with E-state index < -0.39 is 0 Å². The number of hydrogen-bond donors (Lipinski definition) is 1. The molecule has 0 aromatic heterocycles. The molecule has 1 heterocycles. The van der Waals surface area contributed by atoms with Crippen molar-refractivity contribution in [1.82, 2.24) is 5.32 Å². The molecule has 0 bridgehead atoms. The van der Waals surface area contributed by atoms with Crippen LogP contribution in [0.1, 0.15) is 24.8 Å². The van der Waals surface area contributed by atoms with Gasteiger partial charge in [0.1, 0.15) is 0 Å². The van der Waals surface area contributed by atoms with Crippen LogP contribution >= 0.6 is 15.9 Å². The Bertz CT molecular complexity index is 519. The second-order valence-electron chi connectivity index (χ2n) is 5.48. The Kier molecular flexibility index (Phi) is 4.05. The van der Waals surface area contributed by atoms with Crippen molar-refractivity contribution in [3.05, 3.63) is 38.3 Å². The minimum Gasteiger partial charge on any atom is -0.376 e. The van der Waals surface area contributed by atoms with Gasteiger partial charge in [-0.25, -0.2) is 0 Å². The zero-order valence-corrected chi connectivity index (χ0v) is 12.6. The number of nitro benzene ring substituents is 1. The Hall–Kier alpha value is -0.980. The molecule has 1 aromatic carbocycles. The van der Waals surface area contributed by atoms with Crippen molar-refractivity contribution >= 4 is 21.6 Å². The van der Waals surface area contributed by atoms with Gasteiger partial charge in [-0.3, -0.25) is 10.1 Å². The molecule has 1 N–H and O–H groups in total. The summed E-state index contributed by atoms with van der Waals surface area (Å²) in [5.41, 5.74) is 0.883. The Morgan fingerprint density at radius 1 is 1.40 bits per heavy atom. The maximum atomic E-state index is 11.1. The molecule has 1 aliphatic carbocycles. The average Bonchev–Trinajstić information content (AvgIpc) is 3.16. The SMILES string of the molecule is O=[N+]([O-])c1cc(Br)ccc1CNC1CCOC1C1CC1. The molecule has 1 aliphatic heterocycles.